The van der Waals surface area contributed by atoms with E-state index in [1.54, 1.807) is 0 Å². The fraction of sp³-hybridized carbons (Fsp3) is 0.667. The van der Waals surface area contributed by atoms with Crippen LogP contribution < -0.4 is 4.90 Å². The second kappa shape index (κ2) is 6.55. The van der Waals surface area contributed by atoms with Crippen LogP contribution >= 0.6 is 11.3 Å². The van der Waals surface area contributed by atoms with Crippen molar-refractivity contribution in [3.8, 4) is 0 Å². The first-order chi connectivity index (χ1) is 12.3. The molecule has 2 aromatic rings. The van der Waals surface area contributed by atoms with E-state index in [0.717, 1.165) is 12.1 Å². The van der Waals surface area contributed by atoms with Gasteiger partial charge in [-0.3, -0.25) is 4.90 Å². The first kappa shape index (κ1) is 16.1. The molecule has 1 atom stereocenters. The normalized spacial score (nSPS) is 30.8. The monoisotopic (exact) mass is 355 g/mol. The van der Waals surface area contributed by atoms with Crippen LogP contribution in [0.2, 0.25) is 0 Å². The topological polar surface area (TPSA) is 19.4 Å². The Hall–Kier alpha value is -1.13. The summed E-state index contributed by atoms with van der Waals surface area (Å²) in [6.45, 7) is 6.17. The molecule has 134 valence electrons. The van der Waals surface area contributed by atoms with Gasteiger partial charge in [-0.25, -0.2) is 4.98 Å². The largest absolute Gasteiger partial charge is 0.371 e. The van der Waals surface area contributed by atoms with E-state index in [0.29, 0.717) is 5.92 Å². The quantitative estimate of drug-likeness (QED) is 0.771. The van der Waals surface area contributed by atoms with Crippen LogP contribution in [-0.2, 0) is 0 Å². The molecule has 2 aliphatic heterocycles. The maximum Gasteiger partial charge on any atom is 0.0970 e. The zero-order chi connectivity index (χ0) is 16.8. The van der Waals surface area contributed by atoms with Gasteiger partial charge in [0.2, 0.25) is 0 Å². The molecule has 0 bridgehead atoms. The second-order valence-corrected chi connectivity index (χ2v) is 9.37. The highest BCUT2D eigenvalue weighted by atomic mass is 32.1. The van der Waals surface area contributed by atoms with Gasteiger partial charge in [0, 0.05) is 36.8 Å². The lowest BCUT2D eigenvalue weighted by Gasteiger charge is -2.47. The molecule has 1 aromatic carbocycles. The molecule has 1 aliphatic carbocycles. The Balaban J connectivity index is 1.29. The molecule has 3 nitrogen and oxygen atoms in total. The molecule has 2 saturated heterocycles. The molecule has 4 heteroatoms. The molecule has 5 rings (SSSR count). The van der Waals surface area contributed by atoms with E-state index < -0.39 is 0 Å². The molecular weight excluding hydrogens is 326 g/mol. The smallest absolute Gasteiger partial charge is 0.0970 e. The molecule has 0 unspecified atom stereocenters. The Kier molecular flexibility index (Phi) is 4.21. The maximum atomic E-state index is 4.98. The lowest BCUT2D eigenvalue weighted by atomic mass is 9.78. The van der Waals surface area contributed by atoms with Crippen LogP contribution in [0.15, 0.2) is 18.2 Å². The summed E-state index contributed by atoms with van der Waals surface area (Å²) in [6.07, 6.45) is 9.53. The van der Waals surface area contributed by atoms with Crippen molar-refractivity contribution in [1.29, 1.82) is 0 Å². The van der Waals surface area contributed by atoms with Gasteiger partial charge in [0.25, 0.3) is 0 Å². The number of aromatic nitrogens is 1. The van der Waals surface area contributed by atoms with Crippen molar-refractivity contribution in [3.05, 3.63) is 23.2 Å². The Morgan fingerprint density at radius 2 is 1.84 bits per heavy atom. The third-order valence-electron chi connectivity index (χ3n) is 6.65. The third kappa shape index (κ3) is 2.97. The van der Waals surface area contributed by atoms with E-state index >= 15 is 0 Å². The first-order valence-electron chi connectivity index (χ1n) is 10.2. The predicted octanol–water partition coefficient (Wildman–Crippen LogP) is 5.02. The van der Waals surface area contributed by atoms with Crippen molar-refractivity contribution >= 4 is 27.2 Å². The van der Waals surface area contributed by atoms with Crippen LogP contribution in [0.3, 0.4) is 0 Å². The Bertz CT molecular complexity index is 743. The second-order valence-electron chi connectivity index (χ2n) is 8.30. The van der Waals surface area contributed by atoms with Gasteiger partial charge in [-0.1, -0.05) is 6.42 Å². The van der Waals surface area contributed by atoms with Crippen LogP contribution in [-0.4, -0.2) is 41.6 Å². The van der Waals surface area contributed by atoms with E-state index in [-0.39, 0.29) is 0 Å². The fourth-order valence-electron chi connectivity index (χ4n) is 5.00. The minimum atomic E-state index is 0.701. The number of rotatable bonds is 3. The van der Waals surface area contributed by atoms with E-state index in [1.165, 1.54) is 85.5 Å². The lowest BCUT2D eigenvalue weighted by molar-refractivity contribution is 0.0480. The number of fused-ring (bicyclic) bond motifs is 1. The minimum absolute atomic E-state index is 0.701. The minimum Gasteiger partial charge on any atom is -0.371 e. The molecule has 25 heavy (non-hydrogen) atoms. The van der Waals surface area contributed by atoms with Crippen LogP contribution in [0.1, 0.15) is 62.8 Å². The van der Waals surface area contributed by atoms with Crippen molar-refractivity contribution in [2.45, 2.75) is 69.9 Å². The van der Waals surface area contributed by atoms with E-state index in [9.17, 15) is 0 Å². The Morgan fingerprint density at radius 1 is 1.04 bits per heavy atom. The highest BCUT2D eigenvalue weighted by molar-refractivity contribution is 7.18. The molecule has 3 fully saturated rings. The maximum absolute atomic E-state index is 4.98. The predicted molar refractivity (Wildman–Crippen MR) is 107 cm³/mol. The molecule has 3 heterocycles. The number of benzene rings is 1. The van der Waals surface area contributed by atoms with Gasteiger partial charge >= 0.3 is 0 Å². The van der Waals surface area contributed by atoms with E-state index in [2.05, 4.69) is 34.9 Å². The van der Waals surface area contributed by atoms with Gasteiger partial charge in [-0.15, -0.1) is 11.3 Å². The number of piperidine rings is 1. The summed E-state index contributed by atoms with van der Waals surface area (Å²) < 4.78 is 1.38. The zero-order valence-corrected chi connectivity index (χ0v) is 16.1. The average Bonchev–Trinajstić information content (AvgIpc) is 3.23. The Morgan fingerprint density at radius 3 is 2.64 bits per heavy atom. The van der Waals surface area contributed by atoms with Crippen molar-refractivity contribution in [1.82, 2.24) is 9.88 Å². The number of hydrogen-bond donors (Lipinski definition) is 0. The molecule has 1 aromatic heterocycles. The molecule has 0 spiro atoms. The molecule has 1 saturated carbocycles. The molecule has 0 amide bonds. The summed E-state index contributed by atoms with van der Waals surface area (Å²) in [5.41, 5.74) is 2.60. The molecule has 0 radical (unpaired) electrons. The fourth-order valence-corrected chi connectivity index (χ4v) is 6.13. The zero-order valence-electron chi connectivity index (χ0n) is 15.3. The van der Waals surface area contributed by atoms with Crippen molar-refractivity contribution in [3.63, 3.8) is 0 Å². The van der Waals surface area contributed by atoms with Crippen LogP contribution in [0.5, 0.6) is 0 Å². The number of anilines is 1. The molecule has 3 aliphatic rings. The summed E-state index contributed by atoms with van der Waals surface area (Å²) in [5.74, 6) is 0.701. The van der Waals surface area contributed by atoms with Gasteiger partial charge in [0.1, 0.15) is 0 Å². The highest BCUT2D eigenvalue weighted by Gasteiger charge is 2.38. The van der Waals surface area contributed by atoms with Crippen LogP contribution in [0.4, 0.5) is 5.69 Å². The van der Waals surface area contributed by atoms with Crippen LogP contribution in [0, 0.1) is 0 Å². The molecular formula is C21H29N3S. The number of nitrogens with zero attached hydrogens (tertiary/aromatic N) is 3. The standard InChI is InChI=1S/C21H29N3S/c1-15-6-2-3-11-24(15)18-12-16(13-18)21-22-19-8-7-17(14-20(19)25-21)23-9-4-5-10-23/h7-8,14-16,18H,2-6,9-13H2,1H3/t15-,16?,18?/m0/s1. The summed E-state index contributed by atoms with van der Waals surface area (Å²) in [4.78, 5) is 10.3. The van der Waals surface area contributed by atoms with E-state index in [4.69, 9.17) is 4.98 Å². The van der Waals surface area contributed by atoms with Crippen molar-refractivity contribution < 1.29 is 0 Å². The summed E-state index contributed by atoms with van der Waals surface area (Å²) in [6, 6.07) is 8.50. The van der Waals surface area contributed by atoms with Gasteiger partial charge in [-0.05, 0) is 70.2 Å². The number of thiazole rings is 1. The summed E-state index contributed by atoms with van der Waals surface area (Å²) in [7, 11) is 0. The van der Waals surface area contributed by atoms with Crippen LogP contribution in [0.25, 0.3) is 10.2 Å². The third-order valence-corrected chi connectivity index (χ3v) is 7.83. The number of hydrogen-bond acceptors (Lipinski definition) is 4. The average molecular weight is 356 g/mol. The number of likely N-dealkylation sites (tertiary alicyclic amines) is 1. The van der Waals surface area contributed by atoms with Crippen molar-refractivity contribution in [2.24, 2.45) is 0 Å². The summed E-state index contributed by atoms with van der Waals surface area (Å²) in [5, 5.41) is 1.38. The van der Waals surface area contributed by atoms with Gasteiger partial charge in [0.05, 0.1) is 15.2 Å². The van der Waals surface area contributed by atoms with Crippen molar-refractivity contribution in [2.75, 3.05) is 24.5 Å². The lowest BCUT2D eigenvalue weighted by Crippen LogP contribution is -2.50. The SMILES string of the molecule is C[C@H]1CCCCN1C1CC(c2nc3ccc(N4CCCC4)cc3s2)C1. The molecule has 0 N–H and O–H groups in total. The highest BCUT2D eigenvalue weighted by Crippen LogP contribution is 2.44. The summed E-state index contributed by atoms with van der Waals surface area (Å²) >= 11 is 1.95. The van der Waals surface area contributed by atoms with Gasteiger partial charge < -0.3 is 4.90 Å². The van der Waals surface area contributed by atoms with Gasteiger partial charge in [-0.2, -0.15) is 0 Å². The van der Waals surface area contributed by atoms with Gasteiger partial charge in [0.15, 0.2) is 0 Å². The van der Waals surface area contributed by atoms with E-state index in [1.807, 2.05) is 11.3 Å². The Labute approximate surface area is 155 Å². The first-order valence-corrected chi connectivity index (χ1v) is 11.0.